The molecule has 5 aromatic carbocycles. The largest absolute Gasteiger partial charge is 0.480 e. The molecule has 0 radical (unpaired) electrons. The number of aliphatic carboxylic acids is 2. The van der Waals surface area contributed by atoms with Gasteiger partial charge in [-0.15, -0.1) is 11.3 Å². The van der Waals surface area contributed by atoms with Crippen LogP contribution in [0, 0.1) is 0 Å². The molecule has 0 aliphatic rings. The van der Waals surface area contributed by atoms with Gasteiger partial charge in [-0.1, -0.05) is 72.8 Å². The number of carboxylic acid groups (broad SMARTS) is 2. The van der Waals surface area contributed by atoms with Crippen LogP contribution in [0.25, 0.3) is 42.1 Å². The SMILES string of the molecule is O=C(O)COc1c2ccccc2c(-c2cc(Br)c(O[C@H](Cc3ccccc3)C(=O)O)c(Br)c2)c2c1sc1ccccc12. The van der Waals surface area contributed by atoms with E-state index in [0.717, 1.165) is 47.6 Å². The first-order valence-electron chi connectivity index (χ1n) is 12.9. The summed E-state index contributed by atoms with van der Waals surface area (Å²) in [5, 5.41) is 23.0. The summed E-state index contributed by atoms with van der Waals surface area (Å²) in [6, 6.07) is 29.0. The van der Waals surface area contributed by atoms with Crippen molar-refractivity contribution in [3.8, 4) is 22.6 Å². The molecule has 6 aromatic rings. The van der Waals surface area contributed by atoms with Crippen LogP contribution in [0.1, 0.15) is 5.56 Å². The van der Waals surface area contributed by atoms with Gasteiger partial charge < -0.3 is 19.7 Å². The molecule has 0 aliphatic heterocycles. The molecule has 0 saturated heterocycles. The van der Waals surface area contributed by atoms with Gasteiger partial charge in [0.15, 0.2) is 12.7 Å². The van der Waals surface area contributed by atoms with Crippen LogP contribution in [-0.2, 0) is 16.0 Å². The number of carboxylic acids is 2. The lowest BCUT2D eigenvalue weighted by molar-refractivity contribution is -0.145. The van der Waals surface area contributed by atoms with Crippen molar-refractivity contribution in [1.29, 1.82) is 0 Å². The predicted octanol–water partition coefficient (Wildman–Crippen LogP) is 8.94. The fraction of sp³-hybridized carbons (Fsp3) is 0.0909. The minimum Gasteiger partial charge on any atom is -0.480 e. The normalized spacial score (nSPS) is 12.0. The highest BCUT2D eigenvalue weighted by atomic mass is 79.9. The van der Waals surface area contributed by atoms with Crippen LogP contribution in [0.5, 0.6) is 11.5 Å². The Morgan fingerprint density at radius 2 is 1.40 bits per heavy atom. The number of carbonyl (C=O) groups is 2. The average Bonchev–Trinajstić information content (AvgIpc) is 3.36. The van der Waals surface area contributed by atoms with E-state index in [9.17, 15) is 19.8 Å². The summed E-state index contributed by atoms with van der Waals surface area (Å²) in [4.78, 5) is 23.6. The van der Waals surface area contributed by atoms with Gasteiger partial charge in [0.2, 0.25) is 0 Å². The van der Waals surface area contributed by atoms with Gasteiger partial charge in [0.05, 0.1) is 13.6 Å². The highest BCUT2D eigenvalue weighted by Crippen LogP contribution is 2.51. The number of fused-ring (bicyclic) bond motifs is 4. The first-order valence-corrected chi connectivity index (χ1v) is 15.4. The third-order valence-corrected chi connectivity index (χ3v) is 9.27. The second-order valence-electron chi connectivity index (χ2n) is 9.64. The third kappa shape index (κ3) is 5.35. The topological polar surface area (TPSA) is 93.1 Å². The number of hydrogen-bond acceptors (Lipinski definition) is 5. The van der Waals surface area contributed by atoms with E-state index in [2.05, 4.69) is 37.9 Å². The van der Waals surface area contributed by atoms with Gasteiger partial charge in [-0.05, 0) is 72.1 Å². The Hall–Kier alpha value is -3.92. The first kappa shape index (κ1) is 28.2. The number of benzene rings is 5. The van der Waals surface area contributed by atoms with Crippen LogP contribution in [0.3, 0.4) is 0 Å². The maximum atomic E-state index is 12.1. The van der Waals surface area contributed by atoms with E-state index in [-0.39, 0.29) is 6.42 Å². The number of thiophene rings is 1. The summed E-state index contributed by atoms with van der Waals surface area (Å²) in [5.41, 5.74) is 2.68. The molecule has 0 saturated carbocycles. The summed E-state index contributed by atoms with van der Waals surface area (Å²) in [6.07, 6.45) is -0.884. The fourth-order valence-corrected chi connectivity index (χ4v) is 7.75. The molecule has 9 heteroatoms. The van der Waals surface area contributed by atoms with Gasteiger partial charge in [-0.3, -0.25) is 0 Å². The second-order valence-corrected chi connectivity index (χ2v) is 12.4. The Balaban J connectivity index is 1.53. The van der Waals surface area contributed by atoms with E-state index in [0.29, 0.717) is 20.4 Å². The molecule has 42 heavy (non-hydrogen) atoms. The zero-order chi connectivity index (χ0) is 29.4. The van der Waals surface area contributed by atoms with Crippen LogP contribution < -0.4 is 9.47 Å². The number of halogens is 2. The van der Waals surface area contributed by atoms with Crippen molar-refractivity contribution >= 4 is 86.1 Å². The van der Waals surface area contributed by atoms with E-state index in [1.54, 1.807) is 11.3 Å². The van der Waals surface area contributed by atoms with E-state index < -0.39 is 24.6 Å². The van der Waals surface area contributed by atoms with Gasteiger partial charge in [-0.25, -0.2) is 9.59 Å². The van der Waals surface area contributed by atoms with Crippen LogP contribution in [-0.4, -0.2) is 34.9 Å². The van der Waals surface area contributed by atoms with E-state index >= 15 is 0 Å². The molecule has 0 spiro atoms. The molecule has 0 bridgehead atoms. The molecule has 0 amide bonds. The van der Waals surface area contributed by atoms with Crippen LogP contribution in [0.2, 0.25) is 0 Å². The van der Waals surface area contributed by atoms with Crippen LogP contribution >= 0.6 is 43.2 Å². The number of rotatable bonds is 9. The molecule has 0 aliphatic carbocycles. The lowest BCUT2D eigenvalue weighted by Gasteiger charge is -2.20. The highest BCUT2D eigenvalue weighted by Gasteiger charge is 2.25. The van der Waals surface area contributed by atoms with Gasteiger partial charge in [0.1, 0.15) is 11.5 Å². The minimum atomic E-state index is -1.09. The van der Waals surface area contributed by atoms with Gasteiger partial charge in [0, 0.05) is 27.3 Å². The zero-order valence-electron chi connectivity index (χ0n) is 21.8. The van der Waals surface area contributed by atoms with Crippen molar-refractivity contribution in [2.24, 2.45) is 0 Å². The lowest BCUT2D eigenvalue weighted by Crippen LogP contribution is -2.29. The monoisotopic (exact) mass is 704 g/mol. The molecule has 0 fully saturated rings. The summed E-state index contributed by atoms with van der Waals surface area (Å²) in [5.74, 6) is -1.18. The van der Waals surface area contributed by atoms with Crippen LogP contribution in [0.4, 0.5) is 0 Å². The van der Waals surface area contributed by atoms with Crippen molar-refractivity contribution in [3.63, 3.8) is 0 Å². The fourth-order valence-electron chi connectivity index (χ4n) is 5.15. The smallest absolute Gasteiger partial charge is 0.345 e. The number of hydrogen-bond donors (Lipinski definition) is 2. The Bertz CT molecular complexity index is 1960. The summed E-state index contributed by atoms with van der Waals surface area (Å²) >= 11 is 8.85. The molecule has 2 N–H and O–H groups in total. The predicted molar refractivity (Wildman–Crippen MR) is 173 cm³/mol. The molecular weight excluding hydrogens is 684 g/mol. The molecule has 1 aromatic heterocycles. The van der Waals surface area contributed by atoms with E-state index in [1.165, 1.54) is 0 Å². The second kappa shape index (κ2) is 11.8. The van der Waals surface area contributed by atoms with E-state index in [4.69, 9.17) is 9.47 Å². The summed E-state index contributed by atoms with van der Waals surface area (Å²) < 4.78 is 15.1. The molecule has 6 nitrogen and oxygen atoms in total. The standard InChI is InChI=1S/C33H22Br2O6S/c34-23-15-19(16-24(35)31(23)41-25(33(38)39)14-18-8-2-1-3-9-18)28-20-10-4-5-11-21(20)30(40-17-27(36)37)32-29(28)22-12-6-7-13-26(22)42-32/h1-13,15-16,25H,14,17H2,(H,36,37)(H,38,39)/t25-/m1/s1. The summed E-state index contributed by atoms with van der Waals surface area (Å²) in [6.45, 7) is -0.455. The minimum absolute atomic E-state index is 0.209. The van der Waals surface area contributed by atoms with Crippen molar-refractivity contribution in [3.05, 3.63) is 106 Å². The molecule has 1 atom stereocenters. The zero-order valence-corrected chi connectivity index (χ0v) is 25.8. The molecule has 6 rings (SSSR count). The maximum absolute atomic E-state index is 12.1. The lowest BCUT2D eigenvalue weighted by atomic mass is 9.92. The summed E-state index contributed by atoms with van der Waals surface area (Å²) in [7, 11) is 0. The van der Waals surface area contributed by atoms with Crippen molar-refractivity contribution in [2.45, 2.75) is 12.5 Å². The maximum Gasteiger partial charge on any atom is 0.345 e. The molecule has 1 heterocycles. The Kier molecular flexibility index (Phi) is 7.90. The Morgan fingerprint density at radius 1 is 0.786 bits per heavy atom. The third-order valence-electron chi connectivity index (χ3n) is 6.92. The molecular formula is C33H22Br2O6S. The van der Waals surface area contributed by atoms with Crippen LogP contribution in [0.15, 0.2) is 99.9 Å². The quantitative estimate of drug-likeness (QED) is 0.156. The van der Waals surface area contributed by atoms with E-state index in [1.807, 2.05) is 84.9 Å². The van der Waals surface area contributed by atoms with Gasteiger partial charge >= 0.3 is 11.9 Å². The van der Waals surface area contributed by atoms with Gasteiger partial charge in [0.25, 0.3) is 0 Å². The average molecular weight is 706 g/mol. The Morgan fingerprint density at radius 3 is 2.07 bits per heavy atom. The first-order chi connectivity index (χ1) is 20.3. The number of ether oxygens (including phenoxy) is 2. The van der Waals surface area contributed by atoms with Crippen molar-refractivity contribution < 1.29 is 29.3 Å². The van der Waals surface area contributed by atoms with Crippen molar-refractivity contribution in [2.75, 3.05) is 6.61 Å². The molecule has 210 valence electrons. The van der Waals surface area contributed by atoms with Crippen molar-refractivity contribution in [1.82, 2.24) is 0 Å². The van der Waals surface area contributed by atoms with Gasteiger partial charge in [-0.2, -0.15) is 0 Å². The highest BCUT2D eigenvalue weighted by molar-refractivity contribution is 9.11. The Labute approximate surface area is 261 Å². The molecule has 0 unspecified atom stereocenters.